The van der Waals surface area contributed by atoms with Gasteiger partial charge >= 0.3 is 5.97 Å². The Morgan fingerprint density at radius 2 is 1.24 bits per heavy atom. The second kappa shape index (κ2) is 32.7. The van der Waals surface area contributed by atoms with E-state index in [0.717, 1.165) is 0 Å². The van der Waals surface area contributed by atoms with Crippen molar-refractivity contribution in [2.45, 2.75) is 183 Å². The second-order valence-electron chi connectivity index (χ2n) is 21.1. The predicted octanol–water partition coefficient (Wildman–Crippen LogP) is -0.305. The number of likely N-dealkylation sites (N-methyl/N-ethyl adjacent to an activating group) is 1. The van der Waals surface area contributed by atoms with E-state index in [1.807, 2.05) is 31.2 Å². The Balaban J connectivity index is 1.67. The molecule has 3 fully saturated rings. The molecule has 3 amide bonds. The number of esters is 1. The molecule has 440 valence electrons. The van der Waals surface area contributed by atoms with Crippen molar-refractivity contribution in [2.24, 2.45) is 17.8 Å². The Morgan fingerprint density at radius 1 is 0.667 bits per heavy atom. The average molecular weight is 1110 g/mol. The molecule has 0 aromatic carbocycles. The molecule has 0 spiro atoms. The molecule has 78 heavy (non-hydrogen) atoms. The molecule has 22 heteroatoms. The normalized spacial score (nSPS) is 41.0. The van der Waals surface area contributed by atoms with Crippen molar-refractivity contribution >= 4 is 23.7 Å². The first-order chi connectivity index (χ1) is 36.9. The number of nitrogens with zero attached hydrogens (tertiary/aromatic N) is 2. The fourth-order valence-electron chi connectivity index (χ4n) is 9.96. The maximum Gasteiger partial charge on any atom is 0.308 e. The Hall–Kier alpha value is -4.50. The molecule has 2 bridgehead atoms. The largest absolute Gasteiger partial charge is 0.462 e. The van der Waals surface area contributed by atoms with Crippen molar-refractivity contribution in [1.82, 2.24) is 20.4 Å². The van der Waals surface area contributed by atoms with Gasteiger partial charge in [0.05, 0.1) is 86.0 Å². The maximum atomic E-state index is 14.5. The van der Waals surface area contributed by atoms with E-state index in [2.05, 4.69) is 10.6 Å². The van der Waals surface area contributed by atoms with Gasteiger partial charge in [-0.15, -0.1) is 0 Å². The lowest BCUT2D eigenvalue weighted by atomic mass is 9.81. The van der Waals surface area contributed by atoms with Crippen LogP contribution in [0.5, 0.6) is 0 Å². The standard InChI is InChI=1S/C56H88N4O18/c1-34-19-17-15-13-11-9-7-8-10-12-14-16-18-20-42(77-55-53(72)50(52(71)37(4)76-55)58-47(68)33-57-6)30-46-49(54(73)60-25-23-59(24-26-60)38(5)61)45(67)32-56(74,78-46)31-41(64)28-44(66)43(65)22-21-39(62)27-40(63)29-48(69)75-36(3)35(2)51(34)70/h7-20,34-37,39-46,49-53,55,57,62-67,70-72,74H,21-33H2,1-6H3,(H,58,68)/b8-7+,11-9+,12-10+,15-13+,16-14+,19-17+,20-18+/t34-,35-,36-,37+,39+,40+,41-,42-,43+,44+,45-,46-,49+,50-,51+,52+,53-,55-,56+/m0/s1. The van der Waals surface area contributed by atoms with Gasteiger partial charge in [-0.3, -0.25) is 19.2 Å². The van der Waals surface area contributed by atoms with E-state index < -0.39 is 153 Å². The highest BCUT2D eigenvalue weighted by Gasteiger charge is 2.52. The number of rotatable bonds is 6. The third-order valence-electron chi connectivity index (χ3n) is 14.7. The molecule has 0 aromatic rings. The van der Waals surface area contributed by atoms with Crippen molar-refractivity contribution in [3.63, 3.8) is 0 Å². The number of aliphatic hydroxyl groups excluding tert-OH is 9. The van der Waals surface area contributed by atoms with E-state index in [1.165, 1.54) is 18.7 Å². The van der Waals surface area contributed by atoms with E-state index in [-0.39, 0.29) is 70.2 Å². The van der Waals surface area contributed by atoms with E-state index >= 15 is 0 Å². The fraction of sp³-hybridized carbons (Fsp3) is 0.679. The fourth-order valence-corrected chi connectivity index (χ4v) is 9.96. The predicted molar refractivity (Wildman–Crippen MR) is 286 cm³/mol. The molecule has 22 nitrogen and oxygen atoms in total. The summed E-state index contributed by atoms with van der Waals surface area (Å²) in [4.78, 5) is 55.1. The highest BCUT2D eigenvalue weighted by atomic mass is 16.7. The van der Waals surface area contributed by atoms with Gasteiger partial charge in [-0.2, -0.15) is 0 Å². The number of cyclic esters (lactones) is 1. The highest BCUT2D eigenvalue weighted by Crippen LogP contribution is 2.39. The van der Waals surface area contributed by atoms with Gasteiger partial charge in [0, 0.05) is 70.6 Å². The van der Waals surface area contributed by atoms with Gasteiger partial charge in [0.2, 0.25) is 17.7 Å². The number of amides is 3. The molecular formula is C56H88N4O18. The van der Waals surface area contributed by atoms with Crippen LogP contribution in [0.4, 0.5) is 0 Å². The summed E-state index contributed by atoms with van der Waals surface area (Å²) in [5, 5.41) is 117. The van der Waals surface area contributed by atoms with Gasteiger partial charge in [0.1, 0.15) is 18.3 Å². The van der Waals surface area contributed by atoms with Crippen LogP contribution < -0.4 is 10.6 Å². The lowest BCUT2D eigenvalue weighted by Gasteiger charge is -2.47. The molecule has 0 radical (unpaired) electrons. The Morgan fingerprint density at radius 3 is 1.83 bits per heavy atom. The lowest BCUT2D eigenvalue weighted by molar-refractivity contribution is -0.308. The highest BCUT2D eigenvalue weighted by molar-refractivity contribution is 5.81. The monoisotopic (exact) mass is 1100 g/mol. The van der Waals surface area contributed by atoms with Gasteiger partial charge in [-0.1, -0.05) is 98.9 Å². The molecule has 0 saturated carbocycles. The Labute approximate surface area is 458 Å². The summed E-state index contributed by atoms with van der Waals surface area (Å²) in [6, 6.07) is -1.24. The SMILES string of the molecule is CNCC(=O)N[C@@H]1[C@H](O)[C@H](O[C@H]2/C=C/C=C/C=C/C=C/C=C/C=C/C=C/[C@H](C)[C@@H](O)[C@@H](C)[C@H](C)OC(=O)C[C@H](O)C[C@H](O)CC[C@@H](O)[C@H](O)C[C@H](O)C[C@]3(O)C[C@H](O)[C@@H](C(=O)N4CCN(C(C)=O)CC4)[C@H](C2)O3)O[C@H](C)[C@H]1O. The number of hydrogen-bond donors (Lipinski definition) is 12. The zero-order chi connectivity index (χ0) is 57.7. The van der Waals surface area contributed by atoms with Crippen LogP contribution in [-0.2, 0) is 38.1 Å². The van der Waals surface area contributed by atoms with Gasteiger partial charge in [-0.05, 0) is 40.2 Å². The topological polar surface area (TPSA) is 338 Å². The first kappa shape index (κ1) is 66.0. The molecule has 4 aliphatic heterocycles. The summed E-state index contributed by atoms with van der Waals surface area (Å²) in [5.74, 6) is -6.43. The average Bonchev–Trinajstić information content (AvgIpc) is 3.46. The van der Waals surface area contributed by atoms with Gasteiger partial charge in [0.25, 0.3) is 0 Å². The smallest absolute Gasteiger partial charge is 0.308 e. The molecule has 4 heterocycles. The molecule has 4 rings (SSSR count). The summed E-state index contributed by atoms with van der Waals surface area (Å²) in [6.07, 6.45) is 3.21. The van der Waals surface area contributed by atoms with Crippen LogP contribution in [0.3, 0.4) is 0 Å². The third kappa shape index (κ3) is 21.2. The number of allylic oxidation sites excluding steroid dienone is 12. The molecular weight excluding hydrogens is 1020 g/mol. The van der Waals surface area contributed by atoms with Crippen molar-refractivity contribution in [1.29, 1.82) is 0 Å². The molecule has 4 aliphatic rings. The quantitative estimate of drug-likeness (QED) is 0.152. The van der Waals surface area contributed by atoms with Crippen LogP contribution in [0, 0.1) is 17.8 Å². The lowest BCUT2D eigenvalue weighted by Crippen LogP contribution is -2.64. The minimum absolute atomic E-state index is 0.119. The zero-order valence-corrected chi connectivity index (χ0v) is 45.8. The van der Waals surface area contributed by atoms with E-state index in [0.29, 0.717) is 0 Å². The molecule has 3 saturated heterocycles. The van der Waals surface area contributed by atoms with Crippen molar-refractivity contribution in [2.75, 3.05) is 39.8 Å². The number of ether oxygens (including phenoxy) is 4. The Bertz CT molecular complexity index is 2090. The van der Waals surface area contributed by atoms with Crippen LogP contribution >= 0.6 is 0 Å². The van der Waals surface area contributed by atoms with Gasteiger partial charge in [-0.25, -0.2) is 0 Å². The minimum Gasteiger partial charge on any atom is -0.462 e. The summed E-state index contributed by atoms with van der Waals surface area (Å²) in [5.41, 5.74) is 0. The van der Waals surface area contributed by atoms with E-state index in [9.17, 15) is 70.2 Å². The zero-order valence-electron chi connectivity index (χ0n) is 45.8. The molecule has 0 aromatic heterocycles. The number of carbonyl (C=O) groups is 4. The molecule has 12 N–H and O–H groups in total. The van der Waals surface area contributed by atoms with Crippen LogP contribution in [0.2, 0.25) is 0 Å². The number of aliphatic hydroxyl groups is 10. The first-order valence-corrected chi connectivity index (χ1v) is 27.1. The van der Waals surface area contributed by atoms with Crippen LogP contribution in [0.1, 0.15) is 86.0 Å². The van der Waals surface area contributed by atoms with Crippen LogP contribution in [0.15, 0.2) is 85.1 Å². The van der Waals surface area contributed by atoms with Gasteiger partial charge in [0.15, 0.2) is 12.1 Å². The van der Waals surface area contributed by atoms with Crippen LogP contribution in [0.25, 0.3) is 0 Å². The number of piperazine rings is 1. The number of nitrogens with one attached hydrogen (secondary N) is 2. The van der Waals surface area contributed by atoms with Crippen molar-refractivity contribution < 1.29 is 89.2 Å². The summed E-state index contributed by atoms with van der Waals surface area (Å²) in [6.45, 7) is 8.77. The minimum atomic E-state index is -2.34. The number of carbonyl (C=O) groups excluding carboxylic acids is 4. The number of fused-ring (bicyclic) bond motifs is 2. The summed E-state index contributed by atoms with van der Waals surface area (Å²) < 4.78 is 24.2. The maximum absolute atomic E-state index is 14.5. The Kier molecular flexibility index (Phi) is 27.7. The molecule has 0 unspecified atom stereocenters. The molecule has 19 atom stereocenters. The van der Waals surface area contributed by atoms with E-state index in [4.69, 9.17) is 18.9 Å². The van der Waals surface area contributed by atoms with Crippen LogP contribution in [-0.4, -0.2) is 222 Å². The first-order valence-electron chi connectivity index (χ1n) is 27.1. The van der Waals surface area contributed by atoms with Gasteiger partial charge < -0.3 is 90.4 Å². The summed E-state index contributed by atoms with van der Waals surface area (Å²) >= 11 is 0. The molecule has 0 aliphatic carbocycles. The summed E-state index contributed by atoms with van der Waals surface area (Å²) in [7, 11) is 1.55. The second-order valence-corrected chi connectivity index (χ2v) is 21.1. The third-order valence-corrected chi connectivity index (χ3v) is 14.7. The number of hydrogen-bond acceptors (Lipinski definition) is 19. The van der Waals surface area contributed by atoms with Crippen molar-refractivity contribution in [3.8, 4) is 0 Å². The van der Waals surface area contributed by atoms with Crippen molar-refractivity contribution in [3.05, 3.63) is 85.1 Å². The van der Waals surface area contributed by atoms with E-state index in [1.54, 1.807) is 86.6 Å².